The second-order valence-corrected chi connectivity index (χ2v) is 5.30. The van der Waals surface area contributed by atoms with Gasteiger partial charge in [0.1, 0.15) is 0 Å². The van der Waals surface area contributed by atoms with Crippen LogP contribution in [0.4, 0.5) is 0 Å². The molecule has 0 radical (unpaired) electrons. The van der Waals surface area contributed by atoms with Gasteiger partial charge in [-0.1, -0.05) is 32.6 Å². The largest absolute Gasteiger partial charge is 0.481 e. The third-order valence-corrected chi connectivity index (χ3v) is 3.71. The van der Waals surface area contributed by atoms with E-state index in [-0.39, 0.29) is 0 Å². The third kappa shape index (κ3) is 6.67. The summed E-state index contributed by atoms with van der Waals surface area (Å²) in [7, 11) is 0. The molecular weight excluding hydrogens is 214 g/mol. The first kappa shape index (κ1) is 14.5. The number of likely N-dealkylation sites (tertiary alicyclic amines) is 1. The maximum absolute atomic E-state index is 10.5. The van der Waals surface area contributed by atoms with Gasteiger partial charge in [0.15, 0.2) is 0 Å². The van der Waals surface area contributed by atoms with Crippen molar-refractivity contribution in [3.05, 3.63) is 0 Å². The Balaban J connectivity index is 1.99. The van der Waals surface area contributed by atoms with Crippen molar-refractivity contribution in [1.29, 1.82) is 0 Å². The van der Waals surface area contributed by atoms with Crippen LogP contribution in [0.3, 0.4) is 0 Å². The number of carboxylic acid groups (broad SMARTS) is 1. The number of hydrogen-bond donors (Lipinski definition) is 1. The zero-order valence-electron chi connectivity index (χ0n) is 11.2. The van der Waals surface area contributed by atoms with Crippen molar-refractivity contribution in [1.82, 2.24) is 4.90 Å². The zero-order valence-corrected chi connectivity index (χ0v) is 11.2. The summed E-state index contributed by atoms with van der Waals surface area (Å²) < 4.78 is 0. The minimum absolute atomic E-state index is 0.342. The van der Waals surface area contributed by atoms with Crippen LogP contribution < -0.4 is 0 Å². The van der Waals surface area contributed by atoms with Crippen molar-refractivity contribution in [3.63, 3.8) is 0 Å². The first-order valence-corrected chi connectivity index (χ1v) is 7.16. The molecule has 0 amide bonds. The van der Waals surface area contributed by atoms with Crippen LogP contribution in [-0.2, 0) is 4.79 Å². The average molecular weight is 241 g/mol. The second kappa shape index (κ2) is 8.51. The van der Waals surface area contributed by atoms with Gasteiger partial charge in [0.2, 0.25) is 0 Å². The van der Waals surface area contributed by atoms with Gasteiger partial charge in [-0.25, -0.2) is 0 Å². The first-order chi connectivity index (χ1) is 8.22. The predicted molar refractivity (Wildman–Crippen MR) is 70.2 cm³/mol. The van der Waals surface area contributed by atoms with Crippen molar-refractivity contribution in [2.45, 2.75) is 58.3 Å². The van der Waals surface area contributed by atoms with Crippen LogP contribution in [-0.4, -0.2) is 35.6 Å². The van der Waals surface area contributed by atoms with Crippen molar-refractivity contribution >= 4 is 5.97 Å². The predicted octanol–water partition coefficient (Wildman–Crippen LogP) is 3.14. The molecule has 17 heavy (non-hydrogen) atoms. The van der Waals surface area contributed by atoms with Gasteiger partial charge in [-0.05, 0) is 38.3 Å². The van der Waals surface area contributed by atoms with Crippen LogP contribution >= 0.6 is 0 Å². The van der Waals surface area contributed by atoms with Gasteiger partial charge >= 0.3 is 5.97 Å². The molecular formula is C14H27NO2. The van der Waals surface area contributed by atoms with Gasteiger partial charge in [-0.3, -0.25) is 4.79 Å². The van der Waals surface area contributed by atoms with Crippen LogP contribution in [0.2, 0.25) is 0 Å². The molecule has 1 unspecified atom stereocenters. The lowest BCUT2D eigenvalue weighted by molar-refractivity contribution is -0.137. The number of carboxylic acids is 1. The van der Waals surface area contributed by atoms with Crippen LogP contribution in [0.1, 0.15) is 58.3 Å². The molecule has 1 heterocycles. The molecule has 100 valence electrons. The molecule has 1 rings (SSSR count). The van der Waals surface area contributed by atoms with Gasteiger partial charge in [0, 0.05) is 13.0 Å². The number of hydrogen-bond acceptors (Lipinski definition) is 2. The Morgan fingerprint density at radius 1 is 1.29 bits per heavy atom. The van der Waals surface area contributed by atoms with Gasteiger partial charge in [0.05, 0.1) is 0 Å². The molecule has 1 N–H and O–H groups in total. The van der Waals surface area contributed by atoms with Crippen molar-refractivity contribution in [2.75, 3.05) is 19.6 Å². The fourth-order valence-electron chi connectivity index (χ4n) is 2.62. The normalized spacial score (nSPS) is 20.9. The smallest absolute Gasteiger partial charge is 0.303 e. The Kier molecular flexibility index (Phi) is 7.25. The van der Waals surface area contributed by atoms with Crippen molar-refractivity contribution < 1.29 is 9.90 Å². The summed E-state index contributed by atoms with van der Waals surface area (Å²) in [4.78, 5) is 13.0. The summed E-state index contributed by atoms with van der Waals surface area (Å²) in [5.74, 6) is -0.0234. The van der Waals surface area contributed by atoms with Crippen LogP contribution in [0, 0.1) is 5.92 Å². The zero-order chi connectivity index (χ0) is 12.5. The molecule has 0 bridgehead atoms. The topological polar surface area (TPSA) is 40.5 Å². The molecule has 3 heteroatoms. The van der Waals surface area contributed by atoms with Gasteiger partial charge in [-0.15, -0.1) is 0 Å². The third-order valence-electron chi connectivity index (χ3n) is 3.71. The Hall–Kier alpha value is -0.570. The van der Waals surface area contributed by atoms with E-state index in [1.807, 2.05) is 0 Å². The average Bonchev–Trinajstić information content (AvgIpc) is 2.74. The van der Waals surface area contributed by atoms with Crippen LogP contribution in [0.5, 0.6) is 0 Å². The lowest BCUT2D eigenvalue weighted by Crippen LogP contribution is -2.22. The maximum Gasteiger partial charge on any atom is 0.303 e. The van der Waals surface area contributed by atoms with Crippen molar-refractivity contribution in [3.8, 4) is 0 Å². The minimum atomic E-state index is -0.650. The Morgan fingerprint density at radius 2 is 2.06 bits per heavy atom. The molecule has 1 aliphatic rings. The summed E-state index contributed by atoms with van der Waals surface area (Å²) in [6.45, 7) is 5.76. The van der Waals surface area contributed by atoms with Crippen LogP contribution in [0.25, 0.3) is 0 Å². The van der Waals surface area contributed by atoms with Gasteiger partial charge < -0.3 is 10.0 Å². The Morgan fingerprint density at radius 3 is 2.76 bits per heavy atom. The molecule has 0 aromatic rings. The Bertz CT molecular complexity index is 218. The maximum atomic E-state index is 10.5. The number of aliphatic carboxylic acids is 1. The molecule has 3 nitrogen and oxygen atoms in total. The SMILES string of the molecule is CCCCCCCN1CCC(CCC(=O)O)C1. The van der Waals surface area contributed by atoms with Gasteiger partial charge in [0.25, 0.3) is 0 Å². The van der Waals surface area contributed by atoms with E-state index in [4.69, 9.17) is 5.11 Å². The van der Waals surface area contributed by atoms with E-state index in [9.17, 15) is 4.79 Å². The van der Waals surface area contributed by atoms with Crippen molar-refractivity contribution in [2.24, 2.45) is 5.92 Å². The molecule has 0 spiro atoms. The first-order valence-electron chi connectivity index (χ1n) is 7.16. The number of rotatable bonds is 9. The molecule has 1 saturated heterocycles. The molecule has 0 aromatic carbocycles. The molecule has 1 fully saturated rings. The van der Waals surface area contributed by atoms with Crippen LogP contribution in [0.15, 0.2) is 0 Å². The second-order valence-electron chi connectivity index (χ2n) is 5.30. The number of nitrogens with zero attached hydrogens (tertiary/aromatic N) is 1. The van der Waals surface area contributed by atoms with E-state index < -0.39 is 5.97 Å². The molecule has 0 aliphatic carbocycles. The van der Waals surface area contributed by atoms with E-state index in [1.165, 1.54) is 51.6 Å². The molecule has 1 atom stereocenters. The standard InChI is InChI=1S/C14H27NO2/c1-2-3-4-5-6-10-15-11-9-13(12-15)7-8-14(16)17/h13H,2-12H2,1H3,(H,16,17). The molecule has 0 aromatic heterocycles. The number of unbranched alkanes of at least 4 members (excludes halogenated alkanes) is 4. The van der Waals surface area contributed by atoms with E-state index >= 15 is 0 Å². The fraction of sp³-hybridized carbons (Fsp3) is 0.929. The highest BCUT2D eigenvalue weighted by atomic mass is 16.4. The molecule has 1 aliphatic heterocycles. The van der Waals surface area contributed by atoms with Gasteiger partial charge in [-0.2, -0.15) is 0 Å². The Labute approximate surface area is 105 Å². The lowest BCUT2D eigenvalue weighted by Gasteiger charge is -2.15. The highest BCUT2D eigenvalue weighted by molar-refractivity contribution is 5.66. The molecule has 0 saturated carbocycles. The quantitative estimate of drug-likeness (QED) is 0.630. The summed E-state index contributed by atoms with van der Waals surface area (Å²) in [5, 5.41) is 8.65. The highest BCUT2D eigenvalue weighted by Gasteiger charge is 2.22. The summed E-state index contributed by atoms with van der Waals surface area (Å²) in [6.07, 6.45) is 9.10. The number of carbonyl (C=O) groups is 1. The minimum Gasteiger partial charge on any atom is -0.481 e. The monoisotopic (exact) mass is 241 g/mol. The summed E-state index contributed by atoms with van der Waals surface area (Å²) in [6, 6.07) is 0. The van der Waals surface area contributed by atoms with E-state index in [0.717, 1.165) is 13.0 Å². The fourth-order valence-corrected chi connectivity index (χ4v) is 2.62. The summed E-state index contributed by atoms with van der Waals surface area (Å²) >= 11 is 0. The van der Waals surface area contributed by atoms with E-state index in [2.05, 4.69) is 11.8 Å². The van der Waals surface area contributed by atoms with E-state index in [1.54, 1.807) is 0 Å². The summed E-state index contributed by atoms with van der Waals surface area (Å²) in [5.41, 5.74) is 0. The van der Waals surface area contributed by atoms with E-state index in [0.29, 0.717) is 12.3 Å². The lowest BCUT2D eigenvalue weighted by atomic mass is 10.0. The highest BCUT2D eigenvalue weighted by Crippen LogP contribution is 2.21.